The van der Waals surface area contributed by atoms with Crippen LogP contribution in [0.2, 0.25) is 0 Å². The minimum absolute atomic E-state index is 0.0450. The number of carbonyl (C=O) groups excluding carboxylic acids is 1. The molecule has 160 valence electrons. The van der Waals surface area contributed by atoms with E-state index in [1.165, 1.54) is 37.7 Å². The van der Waals surface area contributed by atoms with Crippen molar-refractivity contribution in [1.82, 2.24) is 10.2 Å². The second-order valence-corrected chi connectivity index (χ2v) is 10.1. The lowest BCUT2D eigenvalue weighted by atomic mass is 9.54. The quantitative estimate of drug-likeness (QED) is 0.809. The number of morpholine rings is 1. The summed E-state index contributed by atoms with van der Waals surface area (Å²) in [6.07, 6.45) is 7.16. The highest BCUT2D eigenvalue weighted by Gasteiger charge is 2.48. The van der Waals surface area contributed by atoms with E-state index in [1.807, 2.05) is 24.3 Å². The molecule has 1 N–H and O–H groups in total. The maximum Gasteiger partial charge on any atom is 0.222 e. The van der Waals surface area contributed by atoms with Crippen LogP contribution in [-0.2, 0) is 9.53 Å². The lowest BCUT2D eigenvalue weighted by molar-refractivity contribution is -0.130. The van der Waals surface area contributed by atoms with Gasteiger partial charge < -0.3 is 10.1 Å². The van der Waals surface area contributed by atoms with E-state index in [0.717, 1.165) is 24.9 Å². The second-order valence-electron chi connectivity index (χ2n) is 10.1. The van der Waals surface area contributed by atoms with Gasteiger partial charge in [-0.05, 0) is 80.4 Å². The monoisotopic (exact) mass is 407 g/mol. The van der Waals surface area contributed by atoms with Crippen molar-refractivity contribution in [2.75, 3.05) is 19.7 Å². The topological polar surface area (TPSA) is 65.4 Å². The Kier molecular flexibility index (Phi) is 5.56. The molecule has 6 rings (SSSR count). The summed E-state index contributed by atoms with van der Waals surface area (Å²) in [7, 11) is 0. The Balaban J connectivity index is 1.15. The largest absolute Gasteiger partial charge is 0.375 e. The Hall–Kier alpha value is -1.90. The van der Waals surface area contributed by atoms with E-state index in [2.05, 4.69) is 23.2 Å². The molecule has 4 bridgehead atoms. The van der Waals surface area contributed by atoms with E-state index in [9.17, 15) is 4.79 Å². The van der Waals surface area contributed by atoms with E-state index in [-0.39, 0.29) is 18.1 Å². The second kappa shape index (κ2) is 8.32. The fraction of sp³-hybridized carbons (Fsp3) is 0.680. The van der Waals surface area contributed by atoms with Crippen molar-refractivity contribution in [3.63, 3.8) is 0 Å². The van der Waals surface area contributed by atoms with Gasteiger partial charge in [-0.25, -0.2) is 0 Å². The smallest absolute Gasteiger partial charge is 0.222 e. The van der Waals surface area contributed by atoms with Gasteiger partial charge in [-0.2, -0.15) is 5.26 Å². The molecule has 1 amide bonds. The summed E-state index contributed by atoms with van der Waals surface area (Å²) in [5, 5.41) is 12.4. The number of rotatable bonds is 5. The molecule has 0 aromatic heterocycles. The van der Waals surface area contributed by atoms with Crippen LogP contribution in [0.5, 0.6) is 0 Å². The number of benzene rings is 1. The Bertz CT molecular complexity index is 787. The van der Waals surface area contributed by atoms with E-state index in [0.29, 0.717) is 36.5 Å². The van der Waals surface area contributed by atoms with Gasteiger partial charge in [0.05, 0.1) is 30.8 Å². The van der Waals surface area contributed by atoms with Gasteiger partial charge in [0.2, 0.25) is 5.91 Å². The number of nitriles is 1. The van der Waals surface area contributed by atoms with Gasteiger partial charge in [0, 0.05) is 25.2 Å². The standard InChI is InChI=1S/C25H33N3O2/c1-16(20-4-2-17(14-26)3-5-20)28-6-7-30-23(15-28)13-24(29)27-25-21-9-18-8-19(11-21)12-22(25)10-18/h2-5,16,18-19,21-23,25H,6-13,15H2,1H3,(H,27,29). The van der Waals surface area contributed by atoms with Crippen LogP contribution in [-0.4, -0.2) is 42.6 Å². The Morgan fingerprint density at radius 3 is 2.47 bits per heavy atom. The van der Waals surface area contributed by atoms with Gasteiger partial charge >= 0.3 is 0 Å². The van der Waals surface area contributed by atoms with Crippen LogP contribution in [0, 0.1) is 35.0 Å². The van der Waals surface area contributed by atoms with Crippen molar-refractivity contribution < 1.29 is 9.53 Å². The Morgan fingerprint density at radius 2 is 1.83 bits per heavy atom. The third kappa shape index (κ3) is 4.00. The predicted molar refractivity (Wildman–Crippen MR) is 114 cm³/mol. The number of nitrogens with zero attached hydrogens (tertiary/aromatic N) is 2. The highest BCUT2D eigenvalue weighted by molar-refractivity contribution is 5.77. The van der Waals surface area contributed by atoms with Gasteiger partial charge in [0.1, 0.15) is 0 Å². The van der Waals surface area contributed by atoms with Crippen LogP contribution in [0.4, 0.5) is 0 Å². The number of amides is 1. The predicted octanol–water partition coefficient (Wildman–Crippen LogP) is 3.65. The molecule has 1 aromatic carbocycles. The molecule has 5 aliphatic rings. The SMILES string of the molecule is CC(c1ccc(C#N)cc1)N1CCOC(CC(=O)NC2C3CC4CC(C3)CC2C4)C1. The molecule has 2 atom stereocenters. The number of hydrogen-bond donors (Lipinski definition) is 1. The summed E-state index contributed by atoms with van der Waals surface area (Å²) in [6, 6.07) is 10.7. The van der Waals surface area contributed by atoms with E-state index >= 15 is 0 Å². The first-order chi connectivity index (χ1) is 14.6. The average Bonchev–Trinajstić information content (AvgIpc) is 2.75. The summed E-state index contributed by atoms with van der Waals surface area (Å²) in [4.78, 5) is 15.3. The molecular weight excluding hydrogens is 374 g/mol. The minimum atomic E-state index is -0.0450. The molecule has 30 heavy (non-hydrogen) atoms. The van der Waals surface area contributed by atoms with E-state index < -0.39 is 0 Å². The molecule has 1 heterocycles. The lowest BCUT2D eigenvalue weighted by Crippen LogP contribution is -2.56. The van der Waals surface area contributed by atoms with Crippen molar-refractivity contribution in [3.05, 3.63) is 35.4 Å². The maximum atomic E-state index is 12.9. The molecule has 0 radical (unpaired) electrons. The lowest BCUT2D eigenvalue weighted by Gasteiger charge is -2.54. The third-order valence-electron chi connectivity index (χ3n) is 8.21. The number of nitrogens with one attached hydrogen (secondary N) is 1. The van der Waals surface area contributed by atoms with Gasteiger partial charge in [-0.15, -0.1) is 0 Å². The summed E-state index contributed by atoms with van der Waals surface area (Å²) in [6.45, 7) is 4.50. The maximum absolute atomic E-state index is 12.9. The molecule has 0 spiro atoms. The minimum Gasteiger partial charge on any atom is -0.375 e. The fourth-order valence-corrected chi connectivity index (χ4v) is 6.88. The van der Waals surface area contributed by atoms with Crippen molar-refractivity contribution in [2.24, 2.45) is 23.7 Å². The zero-order chi connectivity index (χ0) is 20.7. The highest BCUT2D eigenvalue weighted by Crippen LogP contribution is 2.53. The fourth-order valence-electron chi connectivity index (χ4n) is 6.88. The average molecular weight is 408 g/mol. The van der Waals surface area contributed by atoms with Crippen LogP contribution < -0.4 is 5.32 Å². The molecule has 4 aliphatic carbocycles. The molecule has 2 unspecified atom stereocenters. The van der Waals surface area contributed by atoms with Crippen molar-refractivity contribution in [2.45, 2.75) is 63.6 Å². The van der Waals surface area contributed by atoms with Gasteiger partial charge in [0.15, 0.2) is 0 Å². The van der Waals surface area contributed by atoms with Crippen LogP contribution in [0.1, 0.15) is 62.6 Å². The molecule has 5 heteroatoms. The molecule has 1 aliphatic heterocycles. The summed E-state index contributed by atoms with van der Waals surface area (Å²) in [5.41, 5.74) is 1.89. The van der Waals surface area contributed by atoms with Gasteiger partial charge in [-0.3, -0.25) is 9.69 Å². The first-order valence-electron chi connectivity index (χ1n) is 11.7. The molecule has 5 fully saturated rings. The van der Waals surface area contributed by atoms with Crippen LogP contribution in [0.3, 0.4) is 0 Å². The van der Waals surface area contributed by atoms with Gasteiger partial charge in [-0.1, -0.05) is 12.1 Å². The summed E-state index contributed by atoms with van der Waals surface area (Å²) >= 11 is 0. The summed E-state index contributed by atoms with van der Waals surface area (Å²) < 4.78 is 5.96. The number of carbonyl (C=O) groups is 1. The third-order valence-corrected chi connectivity index (χ3v) is 8.21. The number of ether oxygens (including phenoxy) is 1. The van der Waals surface area contributed by atoms with Crippen molar-refractivity contribution in [3.8, 4) is 6.07 Å². The molecule has 1 aromatic rings. The van der Waals surface area contributed by atoms with Crippen molar-refractivity contribution in [1.29, 1.82) is 5.26 Å². The number of hydrogen-bond acceptors (Lipinski definition) is 4. The zero-order valence-electron chi connectivity index (χ0n) is 17.9. The molecular formula is C25H33N3O2. The molecule has 5 nitrogen and oxygen atoms in total. The Morgan fingerprint density at radius 1 is 1.17 bits per heavy atom. The van der Waals surface area contributed by atoms with Crippen molar-refractivity contribution >= 4 is 5.91 Å². The highest BCUT2D eigenvalue weighted by atomic mass is 16.5. The normalized spacial score (nSPS) is 36.3. The van der Waals surface area contributed by atoms with Gasteiger partial charge in [0.25, 0.3) is 0 Å². The zero-order valence-corrected chi connectivity index (χ0v) is 17.9. The molecule has 4 saturated carbocycles. The summed E-state index contributed by atoms with van der Waals surface area (Å²) in [5.74, 6) is 3.46. The van der Waals surface area contributed by atoms with E-state index in [1.54, 1.807) is 0 Å². The van der Waals surface area contributed by atoms with Crippen LogP contribution >= 0.6 is 0 Å². The first kappa shape index (κ1) is 20.0. The Labute approximate surface area is 179 Å². The van der Waals surface area contributed by atoms with Crippen LogP contribution in [0.25, 0.3) is 0 Å². The molecule has 1 saturated heterocycles. The first-order valence-corrected chi connectivity index (χ1v) is 11.7. The van der Waals surface area contributed by atoms with Crippen LogP contribution in [0.15, 0.2) is 24.3 Å². The van der Waals surface area contributed by atoms with E-state index in [4.69, 9.17) is 10.00 Å².